The lowest BCUT2D eigenvalue weighted by Gasteiger charge is -2.35. The van der Waals surface area contributed by atoms with E-state index in [1.54, 1.807) is 24.6 Å². The van der Waals surface area contributed by atoms with Gasteiger partial charge in [0.05, 0.1) is 41.0 Å². The van der Waals surface area contributed by atoms with Crippen LogP contribution < -0.4 is 19.7 Å². The van der Waals surface area contributed by atoms with Crippen molar-refractivity contribution in [2.45, 2.75) is 20.0 Å². The molecule has 5 rings (SSSR count). The maximum atomic E-state index is 6.33. The van der Waals surface area contributed by atoms with Crippen LogP contribution in [0.3, 0.4) is 0 Å². The second-order valence-electron chi connectivity index (χ2n) is 8.85. The van der Waals surface area contributed by atoms with Crippen LogP contribution in [0, 0.1) is 0 Å². The van der Waals surface area contributed by atoms with Gasteiger partial charge in [0.25, 0.3) is 0 Å². The van der Waals surface area contributed by atoms with E-state index in [1.165, 1.54) is 0 Å². The number of aromatic nitrogens is 3. The minimum Gasteiger partial charge on any atom is -0.487 e. The van der Waals surface area contributed by atoms with E-state index in [0.29, 0.717) is 11.8 Å². The first-order chi connectivity index (χ1) is 17.0. The number of thiophene rings is 1. The third-order valence-corrected chi connectivity index (χ3v) is 6.91. The molecule has 1 N–H and O–H groups in total. The Kier molecular flexibility index (Phi) is 6.70. The van der Waals surface area contributed by atoms with Crippen LogP contribution >= 0.6 is 11.3 Å². The van der Waals surface area contributed by atoms with Gasteiger partial charge in [-0.3, -0.25) is 0 Å². The Morgan fingerprint density at radius 2 is 1.86 bits per heavy atom. The number of likely N-dealkylation sites (N-methyl/N-ethyl adjacent to an activating group) is 1. The van der Waals surface area contributed by atoms with Gasteiger partial charge in [0, 0.05) is 48.9 Å². The number of nitrogens with one attached hydrogen (secondary N) is 1. The van der Waals surface area contributed by atoms with Crippen LogP contribution in [0.15, 0.2) is 48.1 Å². The van der Waals surface area contributed by atoms with Gasteiger partial charge in [0.1, 0.15) is 0 Å². The zero-order valence-corrected chi connectivity index (χ0v) is 21.3. The van der Waals surface area contributed by atoms with Crippen LogP contribution in [0.25, 0.3) is 21.3 Å². The maximum Gasteiger partial charge on any atom is 0.227 e. The first kappa shape index (κ1) is 23.3. The van der Waals surface area contributed by atoms with Gasteiger partial charge in [-0.05, 0) is 45.2 Å². The molecule has 0 aliphatic carbocycles. The van der Waals surface area contributed by atoms with Crippen molar-refractivity contribution in [2.24, 2.45) is 0 Å². The predicted octanol–water partition coefficient (Wildman–Crippen LogP) is 5.04. The summed E-state index contributed by atoms with van der Waals surface area (Å²) >= 11 is 1.60. The van der Waals surface area contributed by atoms with Crippen LogP contribution in [0.5, 0.6) is 11.6 Å². The van der Waals surface area contributed by atoms with E-state index in [4.69, 9.17) is 14.5 Å². The molecule has 0 unspecified atom stereocenters. The summed E-state index contributed by atoms with van der Waals surface area (Å²) in [5.74, 6) is 1.92. The molecule has 4 heterocycles. The summed E-state index contributed by atoms with van der Waals surface area (Å²) in [6.45, 7) is 8.07. The summed E-state index contributed by atoms with van der Waals surface area (Å²) in [7, 11) is 3.79. The third-order valence-electron chi connectivity index (χ3n) is 6.01. The Morgan fingerprint density at radius 3 is 2.63 bits per heavy atom. The standard InChI is InChI=1S/C26H30N6O2S/c1-17(2)34-24-20(8-5-9-21(24)32-13-11-31(3)12-14-32)29-26-28-15-22-23(30-26)19(16-35-22)18-7-6-10-27-25(18)33-4/h5-10,15-17H,11-14H2,1-4H3,(H,28,29,30). The van der Waals surface area contributed by atoms with E-state index in [1.807, 2.05) is 38.2 Å². The van der Waals surface area contributed by atoms with E-state index in [0.717, 1.165) is 64.6 Å². The zero-order chi connectivity index (χ0) is 24.4. The molecule has 1 fully saturated rings. The van der Waals surface area contributed by atoms with Crippen molar-refractivity contribution >= 4 is 38.9 Å². The van der Waals surface area contributed by atoms with Crippen molar-refractivity contribution in [3.63, 3.8) is 0 Å². The lowest BCUT2D eigenvalue weighted by atomic mass is 10.1. The van der Waals surface area contributed by atoms with Crippen molar-refractivity contribution in [2.75, 3.05) is 50.6 Å². The molecule has 9 heteroatoms. The fraction of sp³-hybridized carbons (Fsp3) is 0.346. The third kappa shape index (κ3) is 4.87. The minimum atomic E-state index is 0.0362. The molecule has 1 saturated heterocycles. The fourth-order valence-electron chi connectivity index (χ4n) is 4.24. The first-order valence-electron chi connectivity index (χ1n) is 11.8. The van der Waals surface area contributed by atoms with Gasteiger partial charge in [-0.2, -0.15) is 0 Å². The van der Waals surface area contributed by atoms with Gasteiger partial charge in [-0.1, -0.05) is 6.07 Å². The Bertz CT molecular complexity index is 1320. The highest BCUT2D eigenvalue weighted by molar-refractivity contribution is 7.17. The number of hydrogen-bond donors (Lipinski definition) is 1. The number of hydrogen-bond acceptors (Lipinski definition) is 9. The lowest BCUT2D eigenvalue weighted by molar-refractivity contribution is 0.242. The highest BCUT2D eigenvalue weighted by Gasteiger charge is 2.21. The van der Waals surface area contributed by atoms with E-state index < -0.39 is 0 Å². The Balaban J connectivity index is 1.51. The van der Waals surface area contributed by atoms with Crippen LogP contribution in [0.1, 0.15) is 13.8 Å². The molecule has 0 bridgehead atoms. The van der Waals surface area contributed by atoms with Gasteiger partial charge < -0.3 is 24.6 Å². The maximum absolute atomic E-state index is 6.33. The molecule has 3 aromatic heterocycles. The van der Waals surface area contributed by atoms with E-state index in [2.05, 4.69) is 49.6 Å². The number of methoxy groups -OCH3 is 1. The van der Waals surface area contributed by atoms with Crippen LogP contribution in [-0.2, 0) is 0 Å². The van der Waals surface area contributed by atoms with Crippen molar-refractivity contribution in [1.29, 1.82) is 0 Å². The largest absolute Gasteiger partial charge is 0.487 e. The second-order valence-corrected chi connectivity index (χ2v) is 9.76. The summed E-state index contributed by atoms with van der Waals surface area (Å²) in [6.07, 6.45) is 3.62. The van der Waals surface area contributed by atoms with Crippen LogP contribution in [0.4, 0.5) is 17.3 Å². The molecule has 182 valence electrons. The average Bonchev–Trinajstić information content (AvgIpc) is 3.28. The molecule has 0 saturated carbocycles. The molecular formula is C26H30N6O2S. The van der Waals surface area contributed by atoms with E-state index in [9.17, 15) is 0 Å². The lowest BCUT2D eigenvalue weighted by Crippen LogP contribution is -2.44. The highest BCUT2D eigenvalue weighted by Crippen LogP contribution is 2.40. The number of benzene rings is 1. The molecule has 0 atom stereocenters. The summed E-state index contributed by atoms with van der Waals surface area (Å²) in [5.41, 5.74) is 4.69. The smallest absolute Gasteiger partial charge is 0.227 e. The summed E-state index contributed by atoms with van der Waals surface area (Å²) < 4.78 is 12.8. The molecule has 1 aliphatic heterocycles. The predicted molar refractivity (Wildman–Crippen MR) is 142 cm³/mol. The first-order valence-corrected chi connectivity index (χ1v) is 12.6. The van der Waals surface area contributed by atoms with Gasteiger partial charge >= 0.3 is 0 Å². The molecule has 35 heavy (non-hydrogen) atoms. The molecule has 1 aliphatic rings. The van der Waals surface area contributed by atoms with Crippen molar-refractivity contribution in [3.05, 3.63) is 48.1 Å². The summed E-state index contributed by atoms with van der Waals surface area (Å²) in [4.78, 5) is 18.6. The monoisotopic (exact) mass is 490 g/mol. The minimum absolute atomic E-state index is 0.0362. The highest BCUT2D eigenvalue weighted by atomic mass is 32.1. The van der Waals surface area contributed by atoms with Crippen LogP contribution in [-0.4, -0.2) is 66.3 Å². The molecular weight excluding hydrogens is 460 g/mol. The SMILES string of the molecule is COc1ncccc1-c1csc2cnc(Nc3cccc(N4CCN(C)CC4)c3OC(C)C)nc12. The van der Waals surface area contributed by atoms with E-state index >= 15 is 0 Å². The number of para-hydroxylation sites is 1. The molecule has 1 aromatic carbocycles. The Labute approximate surface area is 209 Å². The molecule has 0 spiro atoms. The number of fused-ring (bicyclic) bond motifs is 1. The quantitative estimate of drug-likeness (QED) is 0.386. The fourth-order valence-corrected chi connectivity index (χ4v) is 5.10. The second kappa shape index (κ2) is 10.1. The van der Waals surface area contributed by atoms with Crippen molar-refractivity contribution in [1.82, 2.24) is 19.9 Å². The number of anilines is 3. The molecule has 0 amide bonds. The van der Waals surface area contributed by atoms with Crippen molar-refractivity contribution in [3.8, 4) is 22.8 Å². The summed E-state index contributed by atoms with van der Waals surface area (Å²) in [5, 5.41) is 5.50. The van der Waals surface area contributed by atoms with E-state index in [-0.39, 0.29) is 6.10 Å². The normalized spacial score (nSPS) is 14.5. The van der Waals surface area contributed by atoms with Crippen molar-refractivity contribution < 1.29 is 9.47 Å². The van der Waals surface area contributed by atoms with Gasteiger partial charge in [-0.25, -0.2) is 15.0 Å². The topological polar surface area (TPSA) is 75.6 Å². The van der Waals surface area contributed by atoms with Gasteiger partial charge in [-0.15, -0.1) is 11.3 Å². The van der Waals surface area contributed by atoms with Gasteiger partial charge in [0.2, 0.25) is 11.8 Å². The zero-order valence-electron chi connectivity index (χ0n) is 20.5. The average molecular weight is 491 g/mol. The molecule has 8 nitrogen and oxygen atoms in total. The molecule has 4 aromatic rings. The number of nitrogens with zero attached hydrogens (tertiary/aromatic N) is 5. The molecule has 0 radical (unpaired) electrons. The number of ether oxygens (including phenoxy) is 2. The number of piperazine rings is 1. The van der Waals surface area contributed by atoms with Crippen LogP contribution in [0.2, 0.25) is 0 Å². The number of rotatable bonds is 7. The van der Waals surface area contributed by atoms with Gasteiger partial charge in [0.15, 0.2) is 5.75 Å². The Morgan fingerprint density at radius 1 is 1.03 bits per heavy atom. The summed E-state index contributed by atoms with van der Waals surface area (Å²) in [6, 6.07) is 10.1. The Hall–Kier alpha value is -3.43. The number of pyridine rings is 1.